The number of nitrogens with zero attached hydrogens (tertiary/aromatic N) is 1. The first-order chi connectivity index (χ1) is 8.33. The molecule has 0 spiro atoms. The molecule has 17 heavy (non-hydrogen) atoms. The van der Waals surface area contributed by atoms with Crippen LogP contribution >= 0.6 is 0 Å². The van der Waals surface area contributed by atoms with Gasteiger partial charge in [0.1, 0.15) is 5.69 Å². The maximum atomic E-state index is 4.34. The molecule has 1 nitrogen and oxygen atoms in total. The van der Waals surface area contributed by atoms with Crippen LogP contribution in [0.3, 0.4) is 0 Å². The number of pyridine rings is 1. The van der Waals surface area contributed by atoms with Crippen molar-refractivity contribution < 1.29 is 0 Å². The van der Waals surface area contributed by atoms with E-state index in [2.05, 4.69) is 48.0 Å². The van der Waals surface area contributed by atoms with Crippen molar-refractivity contribution in [1.29, 1.82) is 0 Å². The summed E-state index contributed by atoms with van der Waals surface area (Å²) in [4.78, 5) is 4.34. The first-order valence-corrected chi connectivity index (χ1v) is 5.88. The minimum Gasteiger partial charge on any atom is -0.247 e. The SMILES string of the molecule is Cc1ccc2c(c1)CCc1cccnc1C#C2. The minimum absolute atomic E-state index is 0.929. The summed E-state index contributed by atoms with van der Waals surface area (Å²) in [5.74, 6) is 6.42. The van der Waals surface area contributed by atoms with E-state index >= 15 is 0 Å². The lowest BCUT2D eigenvalue weighted by molar-refractivity contribution is 0.935. The first kappa shape index (κ1) is 10.1. The maximum absolute atomic E-state index is 4.34. The Morgan fingerprint density at radius 1 is 1.06 bits per heavy atom. The van der Waals surface area contributed by atoms with Crippen LogP contribution in [0.15, 0.2) is 36.5 Å². The van der Waals surface area contributed by atoms with Gasteiger partial charge in [0, 0.05) is 11.8 Å². The second-order valence-corrected chi connectivity index (χ2v) is 4.42. The summed E-state index contributed by atoms with van der Waals surface area (Å²) in [5, 5.41) is 0. The number of hydrogen-bond acceptors (Lipinski definition) is 1. The van der Waals surface area contributed by atoms with Crippen LogP contribution in [0.5, 0.6) is 0 Å². The monoisotopic (exact) mass is 219 g/mol. The summed E-state index contributed by atoms with van der Waals surface area (Å²) in [7, 11) is 0. The number of aromatic nitrogens is 1. The van der Waals surface area contributed by atoms with Crippen molar-refractivity contribution in [3.8, 4) is 11.8 Å². The van der Waals surface area contributed by atoms with Crippen molar-refractivity contribution in [2.75, 3.05) is 0 Å². The molecule has 2 aromatic rings. The minimum atomic E-state index is 0.929. The molecule has 0 bridgehead atoms. The molecule has 1 aliphatic rings. The Bertz CT molecular complexity index is 629. The molecule has 0 atom stereocenters. The highest BCUT2D eigenvalue weighted by Gasteiger charge is 2.07. The number of benzene rings is 1. The van der Waals surface area contributed by atoms with Crippen LogP contribution < -0.4 is 0 Å². The van der Waals surface area contributed by atoms with Crippen molar-refractivity contribution in [3.63, 3.8) is 0 Å². The average Bonchev–Trinajstić information content (AvgIpc) is 2.33. The van der Waals surface area contributed by atoms with Gasteiger partial charge >= 0.3 is 0 Å². The van der Waals surface area contributed by atoms with Gasteiger partial charge in [-0.2, -0.15) is 0 Å². The fourth-order valence-electron chi connectivity index (χ4n) is 2.20. The summed E-state index contributed by atoms with van der Waals surface area (Å²) in [6.45, 7) is 2.13. The van der Waals surface area contributed by atoms with E-state index in [0.717, 1.165) is 24.1 Å². The van der Waals surface area contributed by atoms with Crippen LogP contribution in [0.1, 0.15) is 27.9 Å². The number of hydrogen-bond donors (Lipinski definition) is 0. The van der Waals surface area contributed by atoms with Gasteiger partial charge in [-0.05, 0) is 48.9 Å². The summed E-state index contributed by atoms with van der Waals surface area (Å²) >= 11 is 0. The van der Waals surface area contributed by atoms with E-state index in [1.807, 2.05) is 12.3 Å². The Labute approximate surface area is 102 Å². The van der Waals surface area contributed by atoms with E-state index in [1.54, 1.807) is 0 Å². The fourth-order valence-corrected chi connectivity index (χ4v) is 2.20. The largest absolute Gasteiger partial charge is 0.247 e. The van der Waals surface area contributed by atoms with Gasteiger partial charge in [0.15, 0.2) is 0 Å². The fraction of sp³-hybridized carbons (Fsp3) is 0.188. The van der Waals surface area contributed by atoms with Crippen LogP contribution in [0, 0.1) is 18.8 Å². The molecule has 0 fully saturated rings. The van der Waals surface area contributed by atoms with Gasteiger partial charge < -0.3 is 0 Å². The summed E-state index contributed by atoms with van der Waals surface area (Å²) in [6, 6.07) is 10.6. The molecule has 1 heterocycles. The zero-order valence-corrected chi connectivity index (χ0v) is 9.83. The molecular weight excluding hydrogens is 206 g/mol. The maximum Gasteiger partial charge on any atom is 0.116 e. The molecule has 0 amide bonds. The van der Waals surface area contributed by atoms with Crippen LogP contribution in [-0.2, 0) is 12.8 Å². The van der Waals surface area contributed by atoms with Gasteiger partial charge in [-0.15, -0.1) is 0 Å². The van der Waals surface area contributed by atoms with Gasteiger partial charge in [0.05, 0.1) is 0 Å². The summed E-state index contributed by atoms with van der Waals surface area (Å²) < 4.78 is 0. The predicted molar refractivity (Wildman–Crippen MR) is 68.8 cm³/mol. The topological polar surface area (TPSA) is 12.9 Å². The molecule has 1 aromatic carbocycles. The molecular formula is C16H13N. The number of fused-ring (bicyclic) bond motifs is 2. The van der Waals surface area contributed by atoms with Crippen molar-refractivity contribution in [2.45, 2.75) is 19.8 Å². The van der Waals surface area contributed by atoms with Crippen molar-refractivity contribution >= 4 is 0 Å². The second kappa shape index (κ2) is 4.07. The van der Waals surface area contributed by atoms with Crippen LogP contribution in [-0.4, -0.2) is 4.98 Å². The van der Waals surface area contributed by atoms with Crippen molar-refractivity contribution in [2.24, 2.45) is 0 Å². The lowest BCUT2D eigenvalue weighted by atomic mass is 9.95. The highest BCUT2D eigenvalue weighted by molar-refractivity contribution is 5.49. The molecule has 0 radical (unpaired) electrons. The van der Waals surface area contributed by atoms with E-state index in [9.17, 15) is 0 Å². The quantitative estimate of drug-likeness (QED) is 0.621. The third-order valence-electron chi connectivity index (χ3n) is 3.13. The average molecular weight is 219 g/mol. The molecule has 0 saturated carbocycles. The Morgan fingerprint density at radius 3 is 2.88 bits per heavy atom. The molecule has 0 unspecified atom stereocenters. The summed E-state index contributed by atoms with van der Waals surface area (Å²) in [5.41, 5.74) is 5.99. The van der Waals surface area contributed by atoms with E-state index in [4.69, 9.17) is 0 Å². The van der Waals surface area contributed by atoms with Crippen LogP contribution in [0.2, 0.25) is 0 Å². The Kier molecular flexibility index (Phi) is 2.42. The highest BCUT2D eigenvalue weighted by atomic mass is 14.7. The van der Waals surface area contributed by atoms with Gasteiger partial charge in [-0.3, -0.25) is 0 Å². The van der Waals surface area contributed by atoms with Crippen molar-refractivity contribution in [3.05, 3.63) is 64.5 Å². The normalized spacial score (nSPS) is 12.5. The molecule has 0 saturated heterocycles. The van der Waals surface area contributed by atoms with Gasteiger partial charge in [-0.1, -0.05) is 29.7 Å². The number of rotatable bonds is 0. The Hall–Kier alpha value is -2.07. The lowest BCUT2D eigenvalue weighted by Gasteiger charge is -2.10. The zero-order chi connectivity index (χ0) is 11.7. The second-order valence-electron chi connectivity index (χ2n) is 4.42. The standard InChI is InChI=1S/C16H13N/c1-12-4-5-13-8-9-16-14(3-2-10-17-16)6-7-15(13)11-12/h2-5,10-11H,6-7H2,1H3. The highest BCUT2D eigenvalue weighted by Crippen LogP contribution is 2.17. The van der Waals surface area contributed by atoms with E-state index in [1.165, 1.54) is 16.7 Å². The van der Waals surface area contributed by atoms with Crippen LogP contribution in [0.4, 0.5) is 0 Å². The molecule has 82 valence electrons. The van der Waals surface area contributed by atoms with Crippen molar-refractivity contribution in [1.82, 2.24) is 4.98 Å². The zero-order valence-electron chi connectivity index (χ0n) is 9.83. The molecule has 0 N–H and O–H groups in total. The Morgan fingerprint density at radius 2 is 1.94 bits per heavy atom. The predicted octanol–water partition coefficient (Wildman–Crippen LogP) is 2.89. The molecule has 1 aromatic heterocycles. The molecule has 1 aliphatic carbocycles. The van der Waals surface area contributed by atoms with E-state index in [0.29, 0.717) is 0 Å². The van der Waals surface area contributed by atoms with Crippen LogP contribution in [0.25, 0.3) is 0 Å². The van der Waals surface area contributed by atoms with Gasteiger partial charge in [0.2, 0.25) is 0 Å². The van der Waals surface area contributed by atoms with E-state index in [-0.39, 0.29) is 0 Å². The number of aryl methyl sites for hydroxylation is 3. The van der Waals surface area contributed by atoms with Gasteiger partial charge in [0.25, 0.3) is 0 Å². The summed E-state index contributed by atoms with van der Waals surface area (Å²) in [6.07, 6.45) is 3.88. The van der Waals surface area contributed by atoms with E-state index < -0.39 is 0 Å². The molecule has 0 aliphatic heterocycles. The Balaban J connectivity index is 2.14. The smallest absolute Gasteiger partial charge is 0.116 e. The third-order valence-corrected chi connectivity index (χ3v) is 3.13. The third kappa shape index (κ3) is 1.94. The molecule has 1 heteroatoms. The molecule has 3 rings (SSSR count). The lowest BCUT2D eigenvalue weighted by Crippen LogP contribution is -2.01. The van der Waals surface area contributed by atoms with Gasteiger partial charge in [-0.25, -0.2) is 4.98 Å². The first-order valence-electron chi connectivity index (χ1n) is 5.88.